The quantitative estimate of drug-likeness (QED) is 0.701. The van der Waals surface area contributed by atoms with Crippen LogP contribution < -0.4 is 4.72 Å². The Morgan fingerprint density at radius 2 is 1.95 bits per heavy atom. The maximum atomic E-state index is 11.9. The zero-order chi connectivity index (χ0) is 15.3. The van der Waals surface area contributed by atoms with E-state index in [1.165, 1.54) is 0 Å². The van der Waals surface area contributed by atoms with Gasteiger partial charge in [-0.1, -0.05) is 27.7 Å². The minimum absolute atomic E-state index is 0.0657. The molecule has 1 unspecified atom stereocenters. The van der Waals surface area contributed by atoms with Crippen molar-refractivity contribution >= 4 is 16.0 Å². The summed E-state index contributed by atoms with van der Waals surface area (Å²) in [6.45, 7) is 6.97. The molecule has 6 nitrogen and oxygen atoms in total. The van der Waals surface area contributed by atoms with Crippen LogP contribution in [-0.2, 0) is 14.8 Å². The Morgan fingerprint density at radius 3 is 2.32 bits per heavy atom. The van der Waals surface area contributed by atoms with Gasteiger partial charge in [-0.3, -0.25) is 4.79 Å². The largest absolute Gasteiger partial charge is 0.480 e. The van der Waals surface area contributed by atoms with Crippen molar-refractivity contribution < 1.29 is 18.3 Å². The Kier molecular flexibility index (Phi) is 6.46. The maximum Gasteiger partial charge on any atom is 0.321 e. The van der Waals surface area contributed by atoms with Crippen molar-refractivity contribution in [2.45, 2.75) is 46.6 Å². The number of carboxylic acid groups (broad SMARTS) is 1. The van der Waals surface area contributed by atoms with E-state index in [1.807, 2.05) is 19.9 Å². The number of carboxylic acids is 1. The van der Waals surface area contributed by atoms with E-state index in [-0.39, 0.29) is 24.5 Å². The Morgan fingerprint density at radius 1 is 1.42 bits per heavy atom. The Balaban J connectivity index is 4.83. The summed E-state index contributed by atoms with van der Waals surface area (Å²) in [5.74, 6) is -1.39. The first-order chi connectivity index (χ1) is 8.49. The highest BCUT2D eigenvalue weighted by atomic mass is 32.2. The van der Waals surface area contributed by atoms with Gasteiger partial charge in [0.05, 0.1) is 11.8 Å². The molecule has 0 aliphatic carbocycles. The average Bonchev–Trinajstić information content (AvgIpc) is 2.12. The predicted molar refractivity (Wildman–Crippen MR) is 71.8 cm³/mol. The zero-order valence-corrected chi connectivity index (χ0v) is 12.6. The summed E-state index contributed by atoms with van der Waals surface area (Å²) < 4.78 is 26.1. The first-order valence-electron chi connectivity index (χ1n) is 6.09. The van der Waals surface area contributed by atoms with Crippen LogP contribution in [0.4, 0.5) is 0 Å². The minimum Gasteiger partial charge on any atom is -0.480 e. The van der Waals surface area contributed by atoms with Crippen molar-refractivity contribution in [3.05, 3.63) is 0 Å². The van der Waals surface area contributed by atoms with Crippen LogP contribution in [0.2, 0.25) is 0 Å². The van der Waals surface area contributed by atoms with Gasteiger partial charge in [0.2, 0.25) is 10.0 Å². The van der Waals surface area contributed by atoms with Gasteiger partial charge in [-0.25, -0.2) is 13.1 Å². The van der Waals surface area contributed by atoms with Gasteiger partial charge in [0.25, 0.3) is 0 Å². The highest BCUT2D eigenvalue weighted by molar-refractivity contribution is 7.89. The van der Waals surface area contributed by atoms with Crippen molar-refractivity contribution in [3.8, 4) is 6.07 Å². The molecule has 0 saturated heterocycles. The summed E-state index contributed by atoms with van der Waals surface area (Å²) in [7, 11) is -3.73. The summed E-state index contributed by atoms with van der Waals surface area (Å²) in [5.41, 5.74) is -0.707. The van der Waals surface area contributed by atoms with E-state index in [0.29, 0.717) is 0 Å². The molecule has 0 radical (unpaired) electrons. The molecule has 0 fully saturated rings. The highest BCUT2D eigenvalue weighted by Crippen LogP contribution is 2.22. The van der Waals surface area contributed by atoms with Gasteiger partial charge in [-0.05, 0) is 17.8 Å². The molecule has 1 atom stereocenters. The highest BCUT2D eigenvalue weighted by Gasteiger charge is 2.30. The fourth-order valence-electron chi connectivity index (χ4n) is 1.71. The van der Waals surface area contributed by atoms with E-state index in [4.69, 9.17) is 10.4 Å². The molecule has 0 heterocycles. The van der Waals surface area contributed by atoms with Crippen LogP contribution in [-0.4, -0.2) is 31.3 Å². The van der Waals surface area contributed by atoms with Crippen molar-refractivity contribution in [2.24, 2.45) is 11.3 Å². The lowest BCUT2D eigenvalue weighted by Gasteiger charge is -2.23. The second-order valence-electron chi connectivity index (χ2n) is 5.90. The van der Waals surface area contributed by atoms with E-state index in [9.17, 15) is 13.2 Å². The lowest BCUT2D eigenvalue weighted by molar-refractivity contribution is -0.139. The normalized spacial score (nSPS) is 14.1. The topological polar surface area (TPSA) is 107 Å². The van der Waals surface area contributed by atoms with Crippen LogP contribution in [0.5, 0.6) is 0 Å². The fourth-order valence-corrected chi connectivity index (χ4v) is 3.55. The molecule has 19 heavy (non-hydrogen) atoms. The van der Waals surface area contributed by atoms with E-state index in [1.54, 1.807) is 13.8 Å². The van der Waals surface area contributed by atoms with Gasteiger partial charge in [0.15, 0.2) is 0 Å². The molecule has 0 saturated carbocycles. The third kappa shape index (κ3) is 7.80. The monoisotopic (exact) mass is 290 g/mol. The third-order valence-corrected chi connectivity index (χ3v) is 4.27. The van der Waals surface area contributed by atoms with Crippen LogP contribution in [0, 0.1) is 22.7 Å². The van der Waals surface area contributed by atoms with Crippen molar-refractivity contribution in [1.29, 1.82) is 5.26 Å². The number of carbonyl (C=O) groups is 1. The molecule has 0 aliphatic heterocycles. The molecule has 0 aromatic rings. The Hall–Kier alpha value is -1.13. The van der Waals surface area contributed by atoms with E-state index in [0.717, 1.165) is 0 Å². The SMILES string of the molecule is CC(C)CC(NS(=O)(=O)CC(C)(C)CC#N)C(=O)O. The summed E-state index contributed by atoms with van der Waals surface area (Å²) in [4.78, 5) is 11.0. The van der Waals surface area contributed by atoms with E-state index < -0.39 is 27.4 Å². The molecule has 0 bridgehead atoms. The van der Waals surface area contributed by atoms with E-state index >= 15 is 0 Å². The first kappa shape index (κ1) is 17.9. The van der Waals surface area contributed by atoms with E-state index in [2.05, 4.69) is 4.72 Å². The van der Waals surface area contributed by atoms with Gasteiger partial charge < -0.3 is 5.11 Å². The van der Waals surface area contributed by atoms with Crippen LogP contribution >= 0.6 is 0 Å². The summed E-state index contributed by atoms with van der Waals surface area (Å²) in [6, 6.07) is 0.808. The standard InChI is InChI=1S/C12H22N2O4S/c1-9(2)7-10(11(15)16)14-19(17,18)8-12(3,4)5-6-13/h9-10,14H,5,7-8H2,1-4H3,(H,15,16). The summed E-state index contributed by atoms with van der Waals surface area (Å²) >= 11 is 0. The third-order valence-electron chi connectivity index (χ3n) is 2.47. The lowest BCUT2D eigenvalue weighted by atomic mass is 9.93. The Bertz CT molecular complexity index is 449. The number of hydrogen-bond donors (Lipinski definition) is 2. The van der Waals surface area contributed by atoms with Gasteiger partial charge >= 0.3 is 5.97 Å². The van der Waals surface area contributed by atoms with Crippen molar-refractivity contribution in [2.75, 3.05) is 5.75 Å². The number of nitrogens with one attached hydrogen (secondary N) is 1. The minimum atomic E-state index is -3.73. The second kappa shape index (κ2) is 6.87. The number of hydrogen-bond acceptors (Lipinski definition) is 4. The number of nitrogens with zero attached hydrogens (tertiary/aromatic N) is 1. The summed E-state index contributed by atoms with van der Waals surface area (Å²) in [5, 5.41) is 17.6. The van der Waals surface area contributed by atoms with Crippen molar-refractivity contribution in [3.63, 3.8) is 0 Å². The first-order valence-corrected chi connectivity index (χ1v) is 7.74. The van der Waals surface area contributed by atoms with Gasteiger partial charge in [-0.15, -0.1) is 0 Å². The van der Waals surface area contributed by atoms with Crippen LogP contribution in [0.15, 0.2) is 0 Å². The van der Waals surface area contributed by atoms with Crippen LogP contribution in [0.25, 0.3) is 0 Å². The van der Waals surface area contributed by atoms with Crippen LogP contribution in [0.3, 0.4) is 0 Å². The molecule has 110 valence electrons. The molecule has 0 spiro atoms. The van der Waals surface area contributed by atoms with Gasteiger partial charge in [0.1, 0.15) is 6.04 Å². The van der Waals surface area contributed by atoms with Gasteiger partial charge in [-0.2, -0.15) is 5.26 Å². The van der Waals surface area contributed by atoms with Crippen molar-refractivity contribution in [1.82, 2.24) is 4.72 Å². The molecule has 0 aromatic carbocycles. The number of rotatable bonds is 8. The molecular weight excluding hydrogens is 268 g/mol. The molecule has 0 aromatic heterocycles. The molecule has 0 amide bonds. The average molecular weight is 290 g/mol. The molecule has 2 N–H and O–H groups in total. The van der Waals surface area contributed by atoms with Gasteiger partial charge in [0, 0.05) is 6.42 Å². The lowest BCUT2D eigenvalue weighted by Crippen LogP contribution is -2.44. The molecule has 0 rings (SSSR count). The maximum absolute atomic E-state index is 11.9. The summed E-state index contributed by atoms with van der Waals surface area (Å²) in [6.07, 6.45) is 0.322. The molecule has 7 heteroatoms. The number of sulfonamides is 1. The fraction of sp³-hybridized carbons (Fsp3) is 0.833. The smallest absolute Gasteiger partial charge is 0.321 e. The predicted octanol–water partition coefficient (Wildman–Crippen LogP) is 1.34. The molecule has 0 aliphatic rings. The molecular formula is C12H22N2O4S. The second-order valence-corrected chi connectivity index (χ2v) is 7.65. The van der Waals surface area contributed by atoms with Crippen LogP contribution in [0.1, 0.15) is 40.5 Å². The zero-order valence-electron chi connectivity index (χ0n) is 11.8. The Labute approximate surface area is 114 Å². The number of nitriles is 1. The number of aliphatic carboxylic acids is 1.